The van der Waals surface area contributed by atoms with Crippen LogP contribution in [0.4, 0.5) is 0 Å². The number of rotatable bonds is 2. The Morgan fingerprint density at radius 3 is 2.12 bits per heavy atom. The van der Waals surface area contributed by atoms with Crippen LogP contribution in [-0.4, -0.2) is 19.5 Å². The molecule has 0 N–H and O–H groups in total. The third-order valence-corrected chi connectivity index (χ3v) is 4.53. The molecule has 1 saturated heterocycles. The van der Waals surface area contributed by atoms with Gasteiger partial charge < -0.3 is 9.47 Å². The van der Waals surface area contributed by atoms with Crippen molar-refractivity contribution in [3.8, 4) is 0 Å². The van der Waals surface area contributed by atoms with Crippen LogP contribution in [0, 0.1) is 17.3 Å². The Bertz CT molecular complexity index is 211. The van der Waals surface area contributed by atoms with Crippen LogP contribution < -0.4 is 0 Å². The lowest BCUT2D eigenvalue weighted by Crippen LogP contribution is -2.45. The first-order chi connectivity index (χ1) is 7.64. The first-order valence-electron chi connectivity index (χ1n) is 6.87. The van der Waals surface area contributed by atoms with Gasteiger partial charge in [0.25, 0.3) is 0 Å². The summed E-state index contributed by atoms with van der Waals surface area (Å²) in [5, 5.41) is 0. The molecule has 0 aromatic carbocycles. The maximum absolute atomic E-state index is 5.80. The van der Waals surface area contributed by atoms with Gasteiger partial charge >= 0.3 is 0 Å². The van der Waals surface area contributed by atoms with E-state index in [1.54, 1.807) is 0 Å². The maximum atomic E-state index is 5.80. The fourth-order valence-electron chi connectivity index (χ4n) is 3.08. The summed E-state index contributed by atoms with van der Waals surface area (Å²) in [7, 11) is 0. The van der Waals surface area contributed by atoms with Gasteiger partial charge in [0.2, 0.25) is 0 Å². The van der Waals surface area contributed by atoms with Crippen molar-refractivity contribution in [2.24, 2.45) is 17.3 Å². The summed E-state index contributed by atoms with van der Waals surface area (Å²) < 4.78 is 11.6. The summed E-state index contributed by atoms with van der Waals surface area (Å²) in [4.78, 5) is 0. The Labute approximate surface area is 99.7 Å². The highest BCUT2D eigenvalue weighted by molar-refractivity contribution is 4.87. The smallest absolute Gasteiger partial charge is 0.157 e. The van der Waals surface area contributed by atoms with E-state index in [0.717, 1.165) is 31.5 Å². The topological polar surface area (TPSA) is 18.5 Å². The molecule has 2 aliphatic rings. The van der Waals surface area contributed by atoms with Crippen LogP contribution in [0.3, 0.4) is 0 Å². The summed E-state index contributed by atoms with van der Waals surface area (Å²) in [5.41, 5.74) is 0.270. The van der Waals surface area contributed by atoms with Gasteiger partial charge in [0.05, 0.1) is 13.2 Å². The summed E-state index contributed by atoms with van der Waals surface area (Å²) in [6.45, 7) is 8.63. The second-order valence-corrected chi connectivity index (χ2v) is 6.07. The van der Waals surface area contributed by atoms with Crippen molar-refractivity contribution in [2.75, 3.05) is 13.2 Å². The number of hydrogen-bond donors (Lipinski definition) is 0. The normalized spacial score (nSPS) is 45.6. The van der Waals surface area contributed by atoms with E-state index in [0.29, 0.717) is 0 Å². The molecule has 2 nitrogen and oxygen atoms in total. The molecule has 1 saturated carbocycles. The van der Waals surface area contributed by atoms with E-state index in [1.165, 1.54) is 25.7 Å². The van der Waals surface area contributed by atoms with Gasteiger partial charge in [-0.3, -0.25) is 0 Å². The van der Waals surface area contributed by atoms with Crippen molar-refractivity contribution < 1.29 is 9.47 Å². The highest BCUT2D eigenvalue weighted by Crippen LogP contribution is 2.42. The Kier molecular flexibility index (Phi) is 3.91. The molecule has 0 unspecified atom stereocenters. The van der Waals surface area contributed by atoms with Crippen LogP contribution in [0.5, 0.6) is 0 Å². The van der Waals surface area contributed by atoms with Crippen molar-refractivity contribution in [1.29, 1.82) is 0 Å². The summed E-state index contributed by atoms with van der Waals surface area (Å²) in [6.07, 6.45) is 6.52. The molecule has 0 atom stereocenters. The highest BCUT2D eigenvalue weighted by atomic mass is 16.7. The largest absolute Gasteiger partial charge is 0.352 e. The van der Waals surface area contributed by atoms with Gasteiger partial charge in [-0.05, 0) is 31.1 Å². The van der Waals surface area contributed by atoms with Crippen molar-refractivity contribution in [1.82, 2.24) is 0 Å². The minimum Gasteiger partial charge on any atom is -0.352 e. The molecule has 0 amide bonds. The first-order valence-corrected chi connectivity index (χ1v) is 6.87. The Morgan fingerprint density at radius 2 is 1.62 bits per heavy atom. The van der Waals surface area contributed by atoms with Gasteiger partial charge in [0.15, 0.2) is 6.29 Å². The highest BCUT2D eigenvalue weighted by Gasteiger charge is 2.40. The van der Waals surface area contributed by atoms with Crippen molar-refractivity contribution in [2.45, 2.75) is 59.2 Å². The molecule has 94 valence electrons. The van der Waals surface area contributed by atoms with Gasteiger partial charge in [0.1, 0.15) is 0 Å². The van der Waals surface area contributed by atoms with E-state index < -0.39 is 0 Å². The molecule has 1 aliphatic carbocycles. The molecule has 0 aromatic rings. The standard InChI is InChI=1S/C14H26O2/c1-4-13-15-9-14(3,10-16-13)12-7-5-11(2)6-8-12/h11-13H,4-10H2,1-3H3. The fraction of sp³-hybridized carbons (Fsp3) is 1.00. The van der Waals surface area contributed by atoms with E-state index in [1.807, 2.05) is 0 Å². The van der Waals surface area contributed by atoms with Crippen LogP contribution in [0.2, 0.25) is 0 Å². The average molecular weight is 226 g/mol. The third-order valence-electron chi connectivity index (χ3n) is 4.53. The summed E-state index contributed by atoms with van der Waals surface area (Å²) in [6, 6.07) is 0. The van der Waals surface area contributed by atoms with Gasteiger partial charge in [0, 0.05) is 5.41 Å². The molecule has 16 heavy (non-hydrogen) atoms. The second kappa shape index (κ2) is 5.05. The van der Waals surface area contributed by atoms with Crippen LogP contribution in [0.15, 0.2) is 0 Å². The molecule has 2 rings (SSSR count). The lowest BCUT2D eigenvalue weighted by Gasteiger charge is -2.44. The molecule has 1 heterocycles. The van der Waals surface area contributed by atoms with E-state index in [9.17, 15) is 0 Å². The zero-order chi connectivity index (χ0) is 11.6. The van der Waals surface area contributed by atoms with Crippen LogP contribution in [0.1, 0.15) is 52.9 Å². The lowest BCUT2D eigenvalue weighted by atomic mass is 9.68. The van der Waals surface area contributed by atoms with Crippen molar-refractivity contribution in [3.05, 3.63) is 0 Å². The van der Waals surface area contributed by atoms with Gasteiger partial charge in [-0.25, -0.2) is 0 Å². The minimum absolute atomic E-state index is 0.0515. The molecule has 0 radical (unpaired) electrons. The van der Waals surface area contributed by atoms with Crippen LogP contribution in [-0.2, 0) is 9.47 Å². The first kappa shape index (κ1) is 12.4. The quantitative estimate of drug-likeness (QED) is 0.716. The molecule has 0 spiro atoms. The fourth-order valence-corrected chi connectivity index (χ4v) is 3.08. The predicted molar refractivity (Wildman–Crippen MR) is 65.2 cm³/mol. The van der Waals surface area contributed by atoms with Gasteiger partial charge in [-0.1, -0.05) is 33.6 Å². The Hall–Kier alpha value is -0.0800. The van der Waals surface area contributed by atoms with E-state index in [2.05, 4.69) is 20.8 Å². The Balaban J connectivity index is 1.88. The SMILES string of the molecule is CCC1OCC(C)(C2CCC(C)CC2)CO1. The zero-order valence-electron chi connectivity index (χ0n) is 11.0. The monoisotopic (exact) mass is 226 g/mol. The summed E-state index contributed by atoms with van der Waals surface area (Å²) >= 11 is 0. The van der Waals surface area contributed by atoms with E-state index in [4.69, 9.17) is 9.47 Å². The lowest BCUT2D eigenvalue weighted by molar-refractivity contribution is -0.239. The average Bonchev–Trinajstić information content (AvgIpc) is 2.31. The van der Waals surface area contributed by atoms with Crippen LogP contribution in [0.25, 0.3) is 0 Å². The van der Waals surface area contributed by atoms with Gasteiger partial charge in [-0.2, -0.15) is 0 Å². The van der Waals surface area contributed by atoms with E-state index >= 15 is 0 Å². The zero-order valence-corrected chi connectivity index (χ0v) is 11.0. The third kappa shape index (κ3) is 2.60. The molecule has 2 heteroatoms. The second-order valence-electron chi connectivity index (χ2n) is 6.07. The Morgan fingerprint density at radius 1 is 1.06 bits per heavy atom. The molecular weight excluding hydrogens is 200 g/mol. The van der Waals surface area contributed by atoms with Crippen LogP contribution >= 0.6 is 0 Å². The molecular formula is C14H26O2. The number of ether oxygens (including phenoxy) is 2. The molecule has 0 aromatic heterocycles. The minimum atomic E-state index is 0.0515. The number of hydrogen-bond acceptors (Lipinski definition) is 2. The molecule has 0 bridgehead atoms. The predicted octanol–water partition coefficient (Wildman–Crippen LogP) is 3.60. The van der Waals surface area contributed by atoms with Crippen molar-refractivity contribution >= 4 is 0 Å². The summed E-state index contributed by atoms with van der Waals surface area (Å²) in [5.74, 6) is 1.73. The maximum Gasteiger partial charge on any atom is 0.157 e. The molecule has 2 fully saturated rings. The van der Waals surface area contributed by atoms with Crippen molar-refractivity contribution in [3.63, 3.8) is 0 Å². The molecule has 1 aliphatic heterocycles. The van der Waals surface area contributed by atoms with Gasteiger partial charge in [-0.15, -0.1) is 0 Å². The van der Waals surface area contributed by atoms with E-state index in [-0.39, 0.29) is 11.7 Å².